The molecule has 6 rings (SSSR count). The van der Waals surface area contributed by atoms with Gasteiger partial charge in [-0.15, -0.1) is 0 Å². The highest BCUT2D eigenvalue weighted by Crippen LogP contribution is 2.32. The first-order valence-corrected chi connectivity index (χ1v) is 14.3. The van der Waals surface area contributed by atoms with Gasteiger partial charge in [0.2, 0.25) is 5.91 Å². The van der Waals surface area contributed by atoms with Crippen LogP contribution in [0, 0.1) is 5.92 Å². The molecule has 1 amide bonds. The van der Waals surface area contributed by atoms with E-state index in [4.69, 9.17) is 4.98 Å². The molecule has 2 saturated carbocycles. The first-order valence-electron chi connectivity index (χ1n) is 14.3. The third kappa shape index (κ3) is 5.48. The van der Waals surface area contributed by atoms with Crippen molar-refractivity contribution < 1.29 is 9.59 Å². The summed E-state index contributed by atoms with van der Waals surface area (Å²) in [7, 11) is 0. The van der Waals surface area contributed by atoms with Crippen LogP contribution < -0.4 is 16.0 Å². The molecule has 4 fully saturated rings. The maximum atomic E-state index is 12.9. The molecule has 2 aromatic heterocycles. The lowest BCUT2D eigenvalue weighted by Crippen LogP contribution is -2.38. The van der Waals surface area contributed by atoms with E-state index in [1.807, 2.05) is 10.6 Å². The molecule has 2 saturated heterocycles. The summed E-state index contributed by atoms with van der Waals surface area (Å²) < 4.78 is 1.85. The lowest BCUT2D eigenvalue weighted by atomic mass is 9.82. The number of amides is 1. The molecule has 4 heterocycles. The van der Waals surface area contributed by atoms with Gasteiger partial charge < -0.3 is 16.0 Å². The number of aromatic nitrogens is 3. The van der Waals surface area contributed by atoms with Crippen LogP contribution in [0.15, 0.2) is 30.1 Å². The van der Waals surface area contributed by atoms with Crippen molar-refractivity contribution >= 4 is 35.0 Å². The molecule has 3 N–H and O–H groups in total. The maximum Gasteiger partial charge on any atom is 0.228 e. The van der Waals surface area contributed by atoms with Crippen molar-refractivity contribution in [1.82, 2.24) is 24.8 Å². The Morgan fingerprint density at radius 1 is 1.16 bits per heavy atom. The zero-order chi connectivity index (χ0) is 26.2. The van der Waals surface area contributed by atoms with E-state index in [0.717, 1.165) is 80.0 Å². The van der Waals surface area contributed by atoms with Gasteiger partial charge in [-0.25, -0.2) is 4.98 Å². The summed E-state index contributed by atoms with van der Waals surface area (Å²) >= 11 is 0. The average molecular weight is 518 g/mol. The van der Waals surface area contributed by atoms with Gasteiger partial charge >= 0.3 is 0 Å². The summed E-state index contributed by atoms with van der Waals surface area (Å²) in [6.45, 7) is 8.19. The molecule has 2 aliphatic heterocycles. The SMILES string of the molecule is C=C1NC(=O)C/C1=C\c1cnn2c(NC3CC3)cc(NC3CCC(CC(=O)C(C)N4CCCC4)CC3)nc12. The van der Waals surface area contributed by atoms with Crippen LogP contribution in [-0.4, -0.2) is 62.4 Å². The van der Waals surface area contributed by atoms with E-state index in [2.05, 4.69) is 45.5 Å². The average Bonchev–Trinajstić information content (AvgIpc) is 3.25. The van der Waals surface area contributed by atoms with Crippen LogP contribution >= 0.6 is 0 Å². The largest absolute Gasteiger partial charge is 0.367 e. The number of carbonyl (C=O) groups excluding carboxylic acids is 2. The molecule has 38 heavy (non-hydrogen) atoms. The zero-order valence-corrected chi connectivity index (χ0v) is 22.3. The molecule has 0 spiro atoms. The Hall–Kier alpha value is -3.20. The van der Waals surface area contributed by atoms with E-state index in [1.54, 1.807) is 6.20 Å². The third-order valence-electron chi connectivity index (χ3n) is 8.63. The second-order valence-electron chi connectivity index (χ2n) is 11.6. The molecule has 2 aromatic rings. The Labute approximate surface area is 224 Å². The Morgan fingerprint density at radius 2 is 1.87 bits per heavy atom. The van der Waals surface area contributed by atoms with Crippen molar-refractivity contribution in [3.63, 3.8) is 0 Å². The highest BCUT2D eigenvalue weighted by molar-refractivity contribution is 5.89. The van der Waals surface area contributed by atoms with Gasteiger partial charge in [0.25, 0.3) is 0 Å². The standard InChI is InChI=1S/C29H39N7O2/c1-18-21(15-28(38)31-18)14-22-17-30-36-27(33-24-9-10-24)16-26(34-29(22)36)32-23-7-5-20(6-8-23)13-25(37)19(2)35-11-3-4-12-35/h14,16-17,19-20,23-24,33H,1,3-13,15H2,2H3,(H,31,38)(H,32,34)/b21-14+. The van der Waals surface area contributed by atoms with Crippen molar-refractivity contribution in [1.29, 1.82) is 0 Å². The van der Waals surface area contributed by atoms with Crippen molar-refractivity contribution in [2.24, 2.45) is 5.92 Å². The summed E-state index contributed by atoms with van der Waals surface area (Å²) in [6, 6.07) is 2.94. The molecule has 202 valence electrons. The predicted octanol–water partition coefficient (Wildman–Crippen LogP) is 4.13. The number of Topliss-reactive ketones (excluding diaryl/α,β-unsaturated/α-hetero) is 1. The number of anilines is 2. The molecule has 4 aliphatic rings. The number of ketones is 1. The summed E-state index contributed by atoms with van der Waals surface area (Å²) in [5.74, 6) is 2.63. The number of nitrogens with one attached hydrogen (secondary N) is 3. The highest BCUT2D eigenvalue weighted by atomic mass is 16.2. The number of allylic oxidation sites excluding steroid dienone is 1. The lowest BCUT2D eigenvalue weighted by Gasteiger charge is -2.31. The van der Waals surface area contributed by atoms with Gasteiger partial charge in [-0.1, -0.05) is 6.58 Å². The highest BCUT2D eigenvalue weighted by Gasteiger charge is 2.29. The van der Waals surface area contributed by atoms with Gasteiger partial charge in [-0.05, 0) is 88.9 Å². The van der Waals surface area contributed by atoms with Gasteiger partial charge in [0, 0.05) is 35.8 Å². The maximum absolute atomic E-state index is 12.9. The van der Waals surface area contributed by atoms with Gasteiger partial charge in [0.15, 0.2) is 5.65 Å². The van der Waals surface area contributed by atoms with Gasteiger partial charge in [-0.3, -0.25) is 14.5 Å². The molecule has 2 aliphatic carbocycles. The minimum absolute atomic E-state index is 0.0352. The normalized spacial score (nSPS) is 26.2. The van der Waals surface area contributed by atoms with Crippen molar-refractivity contribution in [2.45, 2.75) is 89.3 Å². The Balaban J connectivity index is 1.13. The lowest BCUT2D eigenvalue weighted by molar-refractivity contribution is -0.124. The molecule has 0 radical (unpaired) electrons. The molecule has 0 bridgehead atoms. The second kappa shape index (κ2) is 10.5. The van der Waals surface area contributed by atoms with Gasteiger partial charge in [0.05, 0.1) is 18.7 Å². The third-order valence-corrected chi connectivity index (χ3v) is 8.63. The number of hydrogen-bond donors (Lipinski definition) is 3. The van der Waals surface area contributed by atoms with Crippen LogP contribution in [0.4, 0.5) is 11.6 Å². The fraction of sp³-hybridized carbons (Fsp3) is 0.586. The Bertz CT molecular complexity index is 1260. The fourth-order valence-corrected chi connectivity index (χ4v) is 6.10. The van der Waals surface area contributed by atoms with Crippen LogP contribution in [-0.2, 0) is 9.59 Å². The molecular formula is C29H39N7O2. The number of carbonyl (C=O) groups is 2. The van der Waals surface area contributed by atoms with Crippen molar-refractivity contribution in [2.75, 3.05) is 23.7 Å². The molecule has 9 nitrogen and oxygen atoms in total. The summed E-state index contributed by atoms with van der Waals surface area (Å²) in [5, 5.41) is 14.7. The predicted molar refractivity (Wildman–Crippen MR) is 149 cm³/mol. The van der Waals surface area contributed by atoms with Crippen LogP contribution in [0.2, 0.25) is 0 Å². The summed E-state index contributed by atoms with van der Waals surface area (Å²) in [6.07, 6.45) is 13.8. The van der Waals surface area contributed by atoms with Crippen LogP contribution in [0.1, 0.15) is 76.7 Å². The minimum Gasteiger partial charge on any atom is -0.367 e. The first kappa shape index (κ1) is 25.1. The molecule has 1 unspecified atom stereocenters. The van der Waals surface area contributed by atoms with E-state index >= 15 is 0 Å². The number of rotatable bonds is 9. The summed E-state index contributed by atoms with van der Waals surface area (Å²) in [4.78, 5) is 32.0. The van der Waals surface area contributed by atoms with Gasteiger partial charge in [0.1, 0.15) is 17.4 Å². The van der Waals surface area contributed by atoms with Crippen molar-refractivity contribution in [3.05, 3.63) is 35.7 Å². The van der Waals surface area contributed by atoms with Crippen molar-refractivity contribution in [3.8, 4) is 0 Å². The first-order chi connectivity index (χ1) is 18.4. The van der Waals surface area contributed by atoms with Crippen LogP contribution in [0.5, 0.6) is 0 Å². The van der Waals surface area contributed by atoms with Gasteiger partial charge in [-0.2, -0.15) is 9.61 Å². The molecule has 9 heteroatoms. The summed E-state index contributed by atoms with van der Waals surface area (Å²) in [5.41, 5.74) is 3.14. The number of likely N-dealkylation sites (tertiary alicyclic amines) is 1. The Kier molecular flexibility index (Phi) is 6.95. The fourth-order valence-electron chi connectivity index (χ4n) is 6.10. The topological polar surface area (TPSA) is 104 Å². The van der Waals surface area contributed by atoms with Crippen LogP contribution in [0.3, 0.4) is 0 Å². The molecule has 0 aromatic carbocycles. The number of fused-ring (bicyclic) bond motifs is 1. The molecular weight excluding hydrogens is 478 g/mol. The molecule has 1 atom stereocenters. The van der Waals surface area contributed by atoms with E-state index < -0.39 is 0 Å². The Morgan fingerprint density at radius 3 is 2.55 bits per heavy atom. The zero-order valence-electron chi connectivity index (χ0n) is 22.3. The quantitative estimate of drug-likeness (QED) is 0.459. The smallest absolute Gasteiger partial charge is 0.228 e. The van der Waals surface area contributed by atoms with Crippen LogP contribution in [0.25, 0.3) is 11.7 Å². The monoisotopic (exact) mass is 517 g/mol. The van der Waals surface area contributed by atoms with E-state index in [-0.39, 0.29) is 11.9 Å². The number of hydrogen-bond acceptors (Lipinski definition) is 7. The van der Waals surface area contributed by atoms with E-state index in [1.165, 1.54) is 12.8 Å². The number of nitrogens with zero attached hydrogens (tertiary/aromatic N) is 4. The van der Waals surface area contributed by atoms with E-state index in [0.29, 0.717) is 42.3 Å². The second-order valence-corrected chi connectivity index (χ2v) is 11.6. The van der Waals surface area contributed by atoms with E-state index in [9.17, 15) is 9.59 Å². The minimum atomic E-state index is -0.0352.